The Morgan fingerprint density at radius 1 is 1.14 bits per heavy atom. The van der Waals surface area contributed by atoms with Gasteiger partial charge in [0.1, 0.15) is 0 Å². The normalized spacial score (nSPS) is 27.2. The number of ether oxygens (including phenoxy) is 2. The smallest absolute Gasteiger partial charge is 0.0547 e. The molecule has 1 N–H and O–H groups in total. The molecule has 3 nitrogen and oxygen atoms in total. The largest absolute Gasteiger partial charge is 0.396 e. The van der Waals surface area contributed by atoms with E-state index >= 15 is 0 Å². The topological polar surface area (TPSA) is 38.7 Å². The summed E-state index contributed by atoms with van der Waals surface area (Å²) >= 11 is 0. The molecule has 14 heavy (non-hydrogen) atoms. The summed E-state index contributed by atoms with van der Waals surface area (Å²) in [5, 5.41) is 8.88. The third kappa shape index (κ3) is 1.95. The van der Waals surface area contributed by atoms with E-state index in [1.165, 1.54) is 12.8 Å². The first kappa shape index (κ1) is 10.4. The lowest BCUT2D eigenvalue weighted by atomic mass is 9.67. The maximum absolute atomic E-state index is 8.88. The van der Waals surface area contributed by atoms with Gasteiger partial charge in [0.2, 0.25) is 0 Å². The molecule has 2 fully saturated rings. The van der Waals surface area contributed by atoms with Crippen LogP contribution >= 0.6 is 0 Å². The third-order valence-corrected chi connectivity index (χ3v) is 3.70. The fourth-order valence-electron chi connectivity index (χ4n) is 2.69. The van der Waals surface area contributed by atoms with Gasteiger partial charge in [-0.1, -0.05) is 0 Å². The molecule has 82 valence electrons. The quantitative estimate of drug-likeness (QED) is 0.741. The molecule has 2 heterocycles. The van der Waals surface area contributed by atoms with Gasteiger partial charge in [0.05, 0.1) is 13.2 Å². The van der Waals surface area contributed by atoms with Crippen molar-refractivity contribution in [1.82, 2.24) is 0 Å². The Morgan fingerprint density at radius 2 is 1.86 bits per heavy atom. The summed E-state index contributed by atoms with van der Waals surface area (Å²) in [5.41, 5.74) is 0.381. The van der Waals surface area contributed by atoms with Gasteiger partial charge in [-0.15, -0.1) is 0 Å². The van der Waals surface area contributed by atoms with E-state index in [0.29, 0.717) is 12.0 Å². The lowest BCUT2D eigenvalue weighted by Crippen LogP contribution is -2.50. The highest BCUT2D eigenvalue weighted by atomic mass is 16.5. The van der Waals surface area contributed by atoms with Crippen molar-refractivity contribution in [2.24, 2.45) is 11.3 Å². The van der Waals surface area contributed by atoms with Gasteiger partial charge in [0.25, 0.3) is 0 Å². The van der Waals surface area contributed by atoms with Crippen molar-refractivity contribution in [3.05, 3.63) is 0 Å². The summed E-state index contributed by atoms with van der Waals surface area (Å²) in [7, 11) is 0. The first-order valence-electron chi connectivity index (χ1n) is 5.64. The fraction of sp³-hybridized carbons (Fsp3) is 1.00. The summed E-state index contributed by atoms with van der Waals surface area (Å²) in [5.74, 6) is 0.761. The number of rotatable bonds is 4. The molecule has 0 unspecified atom stereocenters. The Bertz CT molecular complexity index is 171. The van der Waals surface area contributed by atoms with Crippen LogP contribution in [0.25, 0.3) is 0 Å². The molecular weight excluding hydrogens is 180 g/mol. The van der Waals surface area contributed by atoms with Gasteiger partial charge in [-0.05, 0) is 31.6 Å². The Morgan fingerprint density at radius 3 is 2.36 bits per heavy atom. The van der Waals surface area contributed by atoms with Gasteiger partial charge in [0, 0.05) is 25.2 Å². The zero-order valence-electron chi connectivity index (χ0n) is 8.71. The molecule has 0 amide bonds. The molecule has 0 bridgehead atoms. The van der Waals surface area contributed by atoms with E-state index in [1.54, 1.807) is 0 Å². The van der Waals surface area contributed by atoms with Gasteiger partial charge >= 0.3 is 0 Å². The first-order chi connectivity index (χ1) is 6.87. The van der Waals surface area contributed by atoms with Crippen LogP contribution in [0.2, 0.25) is 0 Å². The van der Waals surface area contributed by atoms with Crippen LogP contribution in [-0.4, -0.2) is 38.1 Å². The molecule has 0 aromatic rings. The minimum Gasteiger partial charge on any atom is -0.396 e. The van der Waals surface area contributed by atoms with E-state index in [1.807, 2.05) is 0 Å². The second kappa shape index (κ2) is 4.60. The van der Waals surface area contributed by atoms with Crippen molar-refractivity contribution in [3.63, 3.8) is 0 Å². The Hall–Kier alpha value is -0.120. The van der Waals surface area contributed by atoms with Crippen LogP contribution in [-0.2, 0) is 9.47 Å². The summed E-state index contributed by atoms with van der Waals surface area (Å²) in [4.78, 5) is 0. The number of aliphatic hydroxyl groups excluding tert-OH is 1. The second-order valence-corrected chi connectivity index (χ2v) is 4.57. The zero-order chi connectivity index (χ0) is 9.86. The molecule has 0 aliphatic carbocycles. The van der Waals surface area contributed by atoms with Crippen LogP contribution < -0.4 is 0 Å². The van der Waals surface area contributed by atoms with E-state index in [4.69, 9.17) is 14.6 Å². The molecule has 0 saturated carbocycles. The Balaban J connectivity index is 1.89. The maximum Gasteiger partial charge on any atom is 0.0547 e. The van der Waals surface area contributed by atoms with Gasteiger partial charge in [-0.2, -0.15) is 0 Å². The first-order valence-corrected chi connectivity index (χ1v) is 5.64. The Kier molecular flexibility index (Phi) is 3.42. The lowest BCUT2D eigenvalue weighted by molar-refractivity contribution is -0.168. The van der Waals surface area contributed by atoms with Crippen molar-refractivity contribution >= 4 is 0 Å². The second-order valence-electron chi connectivity index (χ2n) is 4.57. The summed E-state index contributed by atoms with van der Waals surface area (Å²) in [6.45, 7) is 3.93. The molecular formula is C11H20O3. The highest BCUT2D eigenvalue weighted by Gasteiger charge is 2.44. The van der Waals surface area contributed by atoms with Gasteiger partial charge in [-0.25, -0.2) is 0 Å². The predicted molar refractivity (Wildman–Crippen MR) is 53.1 cm³/mol. The van der Waals surface area contributed by atoms with E-state index in [2.05, 4.69) is 0 Å². The van der Waals surface area contributed by atoms with E-state index in [-0.39, 0.29) is 0 Å². The molecule has 2 saturated heterocycles. The maximum atomic E-state index is 8.88. The van der Waals surface area contributed by atoms with Crippen LogP contribution in [0.1, 0.15) is 25.7 Å². The number of hydrogen-bond donors (Lipinski definition) is 1. The summed E-state index contributed by atoms with van der Waals surface area (Å²) in [6, 6.07) is 0. The van der Waals surface area contributed by atoms with Crippen molar-refractivity contribution in [2.45, 2.75) is 25.7 Å². The average molecular weight is 200 g/mol. The third-order valence-electron chi connectivity index (χ3n) is 3.70. The van der Waals surface area contributed by atoms with Gasteiger partial charge in [-0.3, -0.25) is 0 Å². The minimum atomic E-state index is 0.310. The van der Waals surface area contributed by atoms with E-state index < -0.39 is 0 Å². The molecule has 0 aromatic carbocycles. The Labute approximate surface area is 85.4 Å². The van der Waals surface area contributed by atoms with E-state index in [0.717, 1.165) is 45.2 Å². The molecule has 3 heteroatoms. The van der Waals surface area contributed by atoms with Crippen molar-refractivity contribution in [3.8, 4) is 0 Å². The SMILES string of the molecule is OCCCC1(C2CCOCC2)COC1. The van der Waals surface area contributed by atoms with Crippen LogP contribution in [0.5, 0.6) is 0 Å². The molecule has 2 aliphatic rings. The van der Waals surface area contributed by atoms with Crippen LogP contribution in [0.4, 0.5) is 0 Å². The monoisotopic (exact) mass is 200 g/mol. The molecule has 0 aromatic heterocycles. The molecule has 0 atom stereocenters. The van der Waals surface area contributed by atoms with Crippen molar-refractivity contribution < 1.29 is 14.6 Å². The molecule has 2 aliphatic heterocycles. The number of hydrogen-bond acceptors (Lipinski definition) is 3. The van der Waals surface area contributed by atoms with Crippen LogP contribution in [0.3, 0.4) is 0 Å². The highest BCUT2D eigenvalue weighted by Crippen LogP contribution is 2.44. The predicted octanol–water partition coefficient (Wildman–Crippen LogP) is 1.20. The van der Waals surface area contributed by atoms with Crippen molar-refractivity contribution in [2.75, 3.05) is 33.0 Å². The fourth-order valence-corrected chi connectivity index (χ4v) is 2.69. The van der Waals surface area contributed by atoms with Gasteiger partial charge in [0.15, 0.2) is 0 Å². The summed E-state index contributed by atoms with van der Waals surface area (Å²) < 4.78 is 10.7. The number of aliphatic hydroxyl groups is 1. The molecule has 2 rings (SSSR count). The van der Waals surface area contributed by atoms with Gasteiger partial charge < -0.3 is 14.6 Å². The zero-order valence-corrected chi connectivity index (χ0v) is 8.71. The van der Waals surface area contributed by atoms with E-state index in [9.17, 15) is 0 Å². The standard InChI is InChI=1S/C11H20O3/c12-5-1-4-11(8-14-9-11)10-2-6-13-7-3-10/h10,12H,1-9H2. The average Bonchev–Trinajstić information content (AvgIpc) is 2.18. The molecule has 0 radical (unpaired) electrons. The minimum absolute atomic E-state index is 0.310. The van der Waals surface area contributed by atoms with Crippen LogP contribution in [0.15, 0.2) is 0 Å². The summed E-state index contributed by atoms with van der Waals surface area (Å²) in [6.07, 6.45) is 4.39. The lowest BCUT2D eigenvalue weighted by Gasteiger charge is -2.48. The van der Waals surface area contributed by atoms with Crippen molar-refractivity contribution in [1.29, 1.82) is 0 Å². The molecule has 0 spiro atoms. The highest BCUT2D eigenvalue weighted by molar-refractivity contribution is 4.92. The van der Waals surface area contributed by atoms with Crippen LogP contribution in [0, 0.1) is 11.3 Å².